The van der Waals surface area contributed by atoms with Crippen LogP contribution in [0.25, 0.3) is 11.4 Å². The summed E-state index contributed by atoms with van der Waals surface area (Å²) in [6.45, 7) is 4.22. The molecule has 1 aromatic carbocycles. The number of tetrazole rings is 1. The van der Waals surface area contributed by atoms with E-state index in [9.17, 15) is 4.79 Å². The minimum atomic E-state index is -0.250. The smallest absolute Gasteiger partial charge is 0.272 e. The molecule has 0 aliphatic carbocycles. The highest BCUT2D eigenvalue weighted by Gasteiger charge is 2.10. The van der Waals surface area contributed by atoms with Gasteiger partial charge in [0.15, 0.2) is 6.67 Å². The second-order valence-electron chi connectivity index (χ2n) is 4.73. The molecule has 116 valence electrons. The molecule has 2 aromatic heterocycles. The van der Waals surface area contributed by atoms with Crippen molar-refractivity contribution < 1.29 is 4.79 Å². The van der Waals surface area contributed by atoms with Crippen molar-refractivity contribution in [3.8, 4) is 11.4 Å². The first kappa shape index (κ1) is 14.6. The minimum Gasteiger partial charge on any atom is -0.347 e. The summed E-state index contributed by atoms with van der Waals surface area (Å²) in [6, 6.07) is 11.2. The number of aromatic nitrogens is 6. The quantitative estimate of drug-likeness (QED) is 0.685. The maximum atomic E-state index is 11.8. The standard InChI is InChI=1S/C15H15N7O/c1-2-9-16-15(23)13-8-10-21(18-13)11-22-19-14(17-20-22)12-6-4-3-5-7-12/h2-8,10H,1,9,11H2,(H,16,23). The van der Waals surface area contributed by atoms with E-state index in [0.717, 1.165) is 5.56 Å². The van der Waals surface area contributed by atoms with E-state index < -0.39 is 0 Å². The first-order valence-electron chi connectivity index (χ1n) is 7.02. The Morgan fingerprint density at radius 1 is 1.22 bits per heavy atom. The highest BCUT2D eigenvalue weighted by molar-refractivity contribution is 5.92. The van der Waals surface area contributed by atoms with Gasteiger partial charge in [-0.05, 0) is 11.3 Å². The maximum absolute atomic E-state index is 11.8. The second kappa shape index (κ2) is 6.65. The van der Waals surface area contributed by atoms with Crippen molar-refractivity contribution in [1.82, 2.24) is 35.3 Å². The highest BCUT2D eigenvalue weighted by Crippen LogP contribution is 2.11. The third kappa shape index (κ3) is 3.49. The van der Waals surface area contributed by atoms with Gasteiger partial charge in [0.1, 0.15) is 5.69 Å². The van der Waals surface area contributed by atoms with E-state index in [4.69, 9.17) is 0 Å². The zero-order valence-electron chi connectivity index (χ0n) is 12.3. The minimum absolute atomic E-state index is 0.250. The summed E-state index contributed by atoms with van der Waals surface area (Å²) >= 11 is 0. The Kier molecular flexibility index (Phi) is 4.23. The van der Waals surface area contributed by atoms with Gasteiger partial charge in [0.05, 0.1) is 0 Å². The molecule has 3 aromatic rings. The van der Waals surface area contributed by atoms with Crippen molar-refractivity contribution in [1.29, 1.82) is 0 Å². The summed E-state index contributed by atoms with van der Waals surface area (Å²) in [5.74, 6) is 0.293. The second-order valence-corrected chi connectivity index (χ2v) is 4.73. The number of carbonyl (C=O) groups is 1. The fourth-order valence-corrected chi connectivity index (χ4v) is 1.95. The van der Waals surface area contributed by atoms with E-state index in [-0.39, 0.29) is 12.6 Å². The van der Waals surface area contributed by atoms with Crippen LogP contribution in [0.5, 0.6) is 0 Å². The van der Waals surface area contributed by atoms with Gasteiger partial charge in [-0.2, -0.15) is 5.10 Å². The number of rotatable bonds is 6. The number of hydrogen-bond donors (Lipinski definition) is 1. The molecule has 0 fully saturated rings. The van der Waals surface area contributed by atoms with Crippen LogP contribution >= 0.6 is 0 Å². The largest absolute Gasteiger partial charge is 0.347 e. The number of carbonyl (C=O) groups excluding carboxylic acids is 1. The Balaban J connectivity index is 1.69. The fourth-order valence-electron chi connectivity index (χ4n) is 1.95. The Bertz CT molecular complexity index is 806. The number of hydrogen-bond acceptors (Lipinski definition) is 5. The van der Waals surface area contributed by atoms with E-state index in [1.165, 1.54) is 4.80 Å². The van der Waals surface area contributed by atoms with Crippen LogP contribution in [0.1, 0.15) is 10.5 Å². The molecule has 0 spiro atoms. The average Bonchev–Trinajstić information content (AvgIpc) is 3.23. The maximum Gasteiger partial charge on any atom is 0.272 e. The third-order valence-electron chi connectivity index (χ3n) is 3.04. The summed E-state index contributed by atoms with van der Waals surface area (Å²) in [6.07, 6.45) is 3.30. The molecular weight excluding hydrogens is 294 g/mol. The normalized spacial score (nSPS) is 10.4. The zero-order chi connectivity index (χ0) is 16.1. The van der Waals surface area contributed by atoms with Gasteiger partial charge in [0.25, 0.3) is 5.91 Å². The molecule has 0 unspecified atom stereocenters. The third-order valence-corrected chi connectivity index (χ3v) is 3.04. The summed E-state index contributed by atoms with van der Waals surface area (Å²) in [7, 11) is 0. The van der Waals surface area contributed by atoms with E-state index in [0.29, 0.717) is 18.1 Å². The van der Waals surface area contributed by atoms with Crippen molar-refractivity contribution in [3.05, 3.63) is 60.9 Å². The summed E-state index contributed by atoms with van der Waals surface area (Å²) < 4.78 is 1.57. The number of amides is 1. The van der Waals surface area contributed by atoms with Crippen molar-refractivity contribution in [2.45, 2.75) is 6.67 Å². The van der Waals surface area contributed by atoms with Crippen molar-refractivity contribution in [2.24, 2.45) is 0 Å². The van der Waals surface area contributed by atoms with Gasteiger partial charge in [-0.3, -0.25) is 4.79 Å². The van der Waals surface area contributed by atoms with Gasteiger partial charge in [-0.15, -0.1) is 21.6 Å². The van der Waals surface area contributed by atoms with Crippen LogP contribution in [-0.4, -0.2) is 42.4 Å². The van der Waals surface area contributed by atoms with Crippen molar-refractivity contribution in [2.75, 3.05) is 6.54 Å². The lowest BCUT2D eigenvalue weighted by atomic mass is 10.2. The first-order valence-corrected chi connectivity index (χ1v) is 7.02. The van der Waals surface area contributed by atoms with E-state index >= 15 is 0 Å². The molecule has 0 aliphatic heterocycles. The van der Waals surface area contributed by atoms with Crippen LogP contribution in [-0.2, 0) is 6.67 Å². The van der Waals surface area contributed by atoms with Gasteiger partial charge in [0.2, 0.25) is 5.82 Å². The van der Waals surface area contributed by atoms with Crippen LogP contribution in [0.15, 0.2) is 55.3 Å². The Morgan fingerprint density at radius 3 is 2.83 bits per heavy atom. The summed E-state index contributed by atoms with van der Waals surface area (Å²) in [4.78, 5) is 13.2. The molecule has 8 heteroatoms. The Hall–Kier alpha value is -3.29. The number of benzene rings is 1. The van der Waals surface area contributed by atoms with Crippen LogP contribution in [0.2, 0.25) is 0 Å². The summed E-state index contributed by atoms with van der Waals surface area (Å²) in [5, 5.41) is 19.2. The van der Waals surface area contributed by atoms with Crippen molar-refractivity contribution in [3.63, 3.8) is 0 Å². The predicted molar refractivity (Wildman–Crippen MR) is 83.4 cm³/mol. The first-order chi connectivity index (χ1) is 11.3. The molecule has 0 saturated carbocycles. The number of nitrogens with one attached hydrogen (secondary N) is 1. The molecule has 0 radical (unpaired) electrons. The van der Waals surface area contributed by atoms with E-state index in [1.807, 2.05) is 30.3 Å². The monoisotopic (exact) mass is 309 g/mol. The Morgan fingerprint density at radius 2 is 2.04 bits per heavy atom. The van der Waals surface area contributed by atoms with Crippen LogP contribution in [0.4, 0.5) is 0 Å². The molecule has 8 nitrogen and oxygen atoms in total. The molecule has 1 amide bonds. The van der Waals surface area contributed by atoms with Gasteiger partial charge < -0.3 is 5.32 Å². The SMILES string of the molecule is C=CCNC(=O)c1ccn(Cn2nnc(-c3ccccc3)n2)n1. The van der Waals surface area contributed by atoms with Gasteiger partial charge in [-0.1, -0.05) is 36.4 Å². The van der Waals surface area contributed by atoms with Gasteiger partial charge in [0, 0.05) is 18.3 Å². The molecule has 0 bridgehead atoms. The molecule has 2 heterocycles. The molecule has 1 N–H and O–H groups in total. The van der Waals surface area contributed by atoms with Crippen LogP contribution < -0.4 is 5.32 Å². The summed E-state index contributed by atoms with van der Waals surface area (Å²) in [5.41, 5.74) is 1.22. The topological polar surface area (TPSA) is 90.5 Å². The molecular formula is C15H15N7O. The average molecular weight is 309 g/mol. The van der Waals surface area contributed by atoms with Crippen LogP contribution in [0, 0.1) is 0 Å². The number of nitrogens with zero attached hydrogens (tertiary/aromatic N) is 6. The molecule has 23 heavy (non-hydrogen) atoms. The lowest BCUT2D eigenvalue weighted by Crippen LogP contribution is -2.24. The lowest BCUT2D eigenvalue weighted by molar-refractivity contribution is 0.0952. The van der Waals surface area contributed by atoms with Crippen LogP contribution in [0.3, 0.4) is 0 Å². The van der Waals surface area contributed by atoms with Gasteiger partial charge in [-0.25, -0.2) is 4.68 Å². The molecule has 0 aliphatic rings. The lowest BCUT2D eigenvalue weighted by Gasteiger charge is -2.00. The fraction of sp³-hybridized carbons (Fsp3) is 0.133. The molecule has 3 rings (SSSR count). The van der Waals surface area contributed by atoms with Gasteiger partial charge >= 0.3 is 0 Å². The molecule has 0 atom stereocenters. The zero-order valence-corrected chi connectivity index (χ0v) is 12.3. The highest BCUT2D eigenvalue weighted by atomic mass is 16.1. The molecule has 0 saturated heterocycles. The Labute approximate surface area is 132 Å². The van der Waals surface area contributed by atoms with E-state index in [2.05, 4.69) is 32.4 Å². The predicted octanol–water partition coefficient (Wildman–Crippen LogP) is 0.958. The van der Waals surface area contributed by atoms with Crippen molar-refractivity contribution >= 4 is 5.91 Å². The van der Waals surface area contributed by atoms with E-state index in [1.54, 1.807) is 23.0 Å².